The van der Waals surface area contributed by atoms with Gasteiger partial charge in [-0.2, -0.15) is 4.98 Å². The van der Waals surface area contributed by atoms with Crippen molar-refractivity contribution in [2.75, 3.05) is 30.9 Å². The highest BCUT2D eigenvalue weighted by Crippen LogP contribution is 2.28. The van der Waals surface area contributed by atoms with E-state index in [4.69, 9.17) is 26.0 Å². The minimum absolute atomic E-state index is 0.412. The zero-order valence-electron chi connectivity index (χ0n) is 20.3. The molecule has 0 unspecified atom stereocenters. The van der Waals surface area contributed by atoms with Crippen LogP contribution in [0.2, 0.25) is 5.02 Å². The van der Waals surface area contributed by atoms with Crippen molar-refractivity contribution in [3.05, 3.63) is 71.4 Å². The summed E-state index contributed by atoms with van der Waals surface area (Å²) in [6.45, 7) is 1.74. The molecule has 2 N–H and O–H groups in total. The van der Waals surface area contributed by atoms with Crippen LogP contribution >= 0.6 is 11.6 Å². The summed E-state index contributed by atoms with van der Waals surface area (Å²) < 4.78 is 6.01. The number of rotatable bonds is 8. The lowest BCUT2D eigenvalue weighted by molar-refractivity contribution is 0.320. The Balaban J connectivity index is 1.10. The highest BCUT2D eigenvalue weighted by molar-refractivity contribution is 6.30. The van der Waals surface area contributed by atoms with E-state index in [1.54, 1.807) is 0 Å². The Morgan fingerprint density at radius 2 is 1.71 bits per heavy atom. The number of furan rings is 1. The molecule has 0 radical (unpaired) electrons. The number of hydrogen-bond acceptors (Lipinski definition) is 6. The Morgan fingerprint density at radius 3 is 2.49 bits per heavy atom. The second kappa shape index (κ2) is 10.7. The fourth-order valence-corrected chi connectivity index (χ4v) is 4.93. The van der Waals surface area contributed by atoms with Crippen molar-refractivity contribution in [2.45, 2.75) is 38.3 Å². The van der Waals surface area contributed by atoms with Gasteiger partial charge in [-0.3, -0.25) is 0 Å². The Labute approximate surface area is 211 Å². The smallest absolute Gasteiger partial charge is 0.225 e. The second-order valence-corrected chi connectivity index (χ2v) is 9.98. The minimum atomic E-state index is 0.412. The van der Waals surface area contributed by atoms with Crippen LogP contribution in [0.1, 0.15) is 31.4 Å². The summed E-state index contributed by atoms with van der Waals surface area (Å²) in [4.78, 5) is 11.6. The summed E-state index contributed by atoms with van der Waals surface area (Å²) in [5.74, 6) is 4.18. The number of nitrogens with zero attached hydrogens (tertiary/aromatic N) is 3. The normalized spacial score (nSPS) is 18.0. The van der Waals surface area contributed by atoms with Crippen LogP contribution < -0.4 is 15.5 Å². The van der Waals surface area contributed by atoms with E-state index in [2.05, 4.69) is 27.7 Å². The van der Waals surface area contributed by atoms with E-state index in [0.29, 0.717) is 12.0 Å². The maximum absolute atomic E-state index is 6.01. The van der Waals surface area contributed by atoms with Crippen molar-refractivity contribution in [1.82, 2.24) is 15.3 Å². The summed E-state index contributed by atoms with van der Waals surface area (Å²) in [6.07, 6.45) is 4.63. The molecular weight excluding hydrogens is 458 g/mol. The number of anilines is 2. The first-order valence-electron chi connectivity index (χ1n) is 12.3. The molecule has 182 valence electrons. The molecule has 0 atom stereocenters. The van der Waals surface area contributed by atoms with Crippen LogP contribution in [-0.2, 0) is 6.54 Å². The van der Waals surface area contributed by atoms with Gasteiger partial charge in [0.15, 0.2) is 0 Å². The molecule has 4 aromatic rings. The SMILES string of the molecule is CN(C)c1nc(N[C@H]2CC[C@@H](CNCc3ccc(-c4ccc(Cl)cc4)o3)CC2)nc2ccccc12. The summed E-state index contributed by atoms with van der Waals surface area (Å²) in [5.41, 5.74) is 2.02. The number of aromatic nitrogens is 2. The molecule has 0 aliphatic heterocycles. The van der Waals surface area contributed by atoms with E-state index in [-0.39, 0.29) is 0 Å². The van der Waals surface area contributed by atoms with Crippen LogP contribution in [0.4, 0.5) is 11.8 Å². The van der Waals surface area contributed by atoms with Gasteiger partial charge in [0.2, 0.25) is 5.95 Å². The number of fused-ring (bicyclic) bond motifs is 1. The zero-order valence-corrected chi connectivity index (χ0v) is 21.1. The van der Waals surface area contributed by atoms with Gasteiger partial charge >= 0.3 is 0 Å². The second-order valence-electron chi connectivity index (χ2n) is 9.55. The molecule has 2 aromatic carbocycles. The van der Waals surface area contributed by atoms with Gasteiger partial charge in [0.05, 0.1) is 12.1 Å². The lowest BCUT2D eigenvalue weighted by Crippen LogP contribution is -2.31. The highest BCUT2D eigenvalue weighted by atomic mass is 35.5. The fraction of sp³-hybridized carbons (Fsp3) is 0.357. The van der Waals surface area contributed by atoms with Gasteiger partial charge in [-0.15, -0.1) is 0 Å². The minimum Gasteiger partial charge on any atom is -0.460 e. The number of nitrogens with one attached hydrogen (secondary N) is 2. The highest BCUT2D eigenvalue weighted by Gasteiger charge is 2.22. The Morgan fingerprint density at radius 1 is 0.943 bits per heavy atom. The molecule has 2 aromatic heterocycles. The van der Waals surface area contributed by atoms with E-state index in [9.17, 15) is 0 Å². The van der Waals surface area contributed by atoms with Crippen molar-refractivity contribution >= 4 is 34.3 Å². The molecule has 1 aliphatic carbocycles. The third-order valence-electron chi connectivity index (χ3n) is 6.71. The molecule has 0 bridgehead atoms. The molecule has 35 heavy (non-hydrogen) atoms. The van der Waals surface area contributed by atoms with Gasteiger partial charge in [-0.25, -0.2) is 4.98 Å². The third kappa shape index (κ3) is 5.77. The fourth-order valence-electron chi connectivity index (χ4n) is 4.80. The average Bonchev–Trinajstić information content (AvgIpc) is 3.34. The summed E-state index contributed by atoms with van der Waals surface area (Å²) in [5, 5.41) is 8.99. The van der Waals surface area contributed by atoms with Crippen molar-refractivity contribution in [1.29, 1.82) is 0 Å². The van der Waals surface area contributed by atoms with E-state index in [1.807, 2.05) is 62.6 Å². The molecule has 0 spiro atoms. The molecule has 0 saturated heterocycles. The predicted molar refractivity (Wildman–Crippen MR) is 144 cm³/mol. The molecular formula is C28H32ClN5O. The van der Waals surface area contributed by atoms with Crippen LogP contribution in [0.25, 0.3) is 22.2 Å². The number of halogens is 1. The Kier molecular flexibility index (Phi) is 7.21. The van der Waals surface area contributed by atoms with Gasteiger partial charge in [0, 0.05) is 36.1 Å². The topological polar surface area (TPSA) is 66.2 Å². The van der Waals surface area contributed by atoms with Gasteiger partial charge in [0.1, 0.15) is 17.3 Å². The first-order chi connectivity index (χ1) is 17.0. The molecule has 1 aliphatic rings. The first kappa shape index (κ1) is 23.6. The molecule has 7 heteroatoms. The molecule has 5 rings (SSSR count). The van der Waals surface area contributed by atoms with Crippen molar-refractivity contribution in [3.63, 3.8) is 0 Å². The van der Waals surface area contributed by atoms with Gasteiger partial charge in [0.25, 0.3) is 0 Å². The molecule has 2 heterocycles. The predicted octanol–water partition coefficient (Wildman–Crippen LogP) is 6.37. The summed E-state index contributed by atoms with van der Waals surface area (Å²) in [6, 6.07) is 20.4. The molecule has 6 nitrogen and oxygen atoms in total. The molecule has 1 saturated carbocycles. The van der Waals surface area contributed by atoms with E-state index >= 15 is 0 Å². The average molecular weight is 490 g/mol. The van der Waals surface area contributed by atoms with Gasteiger partial charge in [-0.1, -0.05) is 23.7 Å². The van der Waals surface area contributed by atoms with Gasteiger partial charge < -0.3 is 20.0 Å². The van der Waals surface area contributed by atoms with Crippen molar-refractivity contribution in [3.8, 4) is 11.3 Å². The molecule has 1 fully saturated rings. The lowest BCUT2D eigenvalue weighted by Gasteiger charge is -2.29. The van der Waals surface area contributed by atoms with Crippen LogP contribution in [0.3, 0.4) is 0 Å². The number of hydrogen-bond donors (Lipinski definition) is 2. The Bertz CT molecular complexity index is 1260. The number of benzene rings is 2. The van der Waals surface area contributed by atoms with E-state index in [0.717, 1.165) is 70.7 Å². The Hall–Kier alpha value is -3.09. The first-order valence-corrected chi connectivity index (χ1v) is 12.7. The van der Waals surface area contributed by atoms with Gasteiger partial charge in [-0.05, 0) is 86.7 Å². The monoisotopic (exact) mass is 489 g/mol. The van der Waals surface area contributed by atoms with Crippen LogP contribution in [0.5, 0.6) is 0 Å². The zero-order chi connectivity index (χ0) is 24.2. The van der Waals surface area contributed by atoms with Crippen molar-refractivity contribution in [2.24, 2.45) is 5.92 Å². The maximum atomic E-state index is 6.01. The summed E-state index contributed by atoms with van der Waals surface area (Å²) in [7, 11) is 4.05. The lowest BCUT2D eigenvalue weighted by atomic mass is 9.86. The quantitative estimate of drug-likeness (QED) is 0.300. The van der Waals surface area contributed by atoms with E-state index in [1.165, 1.54) is 12.8 Å². The number of para-hydroxylation sites is 1. The largest absolute Gasteiger partial charge is 0.460 e. The van der Waals surface area contributed by atoms with Crippen LogP contribution in [0.15, 0.2) is 65.1 Å². The van der Waals surface area contributed by atoms with Crippen molar-refractivity contribution < 1.29 is 4.42 Å². The maximum Gasteiger partial charge on any atom is 0.225 e. The van der Waals surface area contributed by atoms with Crippen LogP contribution in [0, 0.1) is 5.92 Å². The van der Waals surface area contributed by atoms with E-state index < -0.39 is 0 Å². The standard InChI is InChI=1S/C28H32ClN5O/c1-34(2)27-24-5-3-4-6-25(24)32-28(33-27)31-22-13-7-19(8-14-22)17-30-18-23-15-16-26(35-23)20-9-11-21(29)12-10-20/h3-6,9-12,15-16,19,22,30H,7-8,13-14,17-18H2,1-2H3,(H,31,32,33)/t19-,22+. The summed E-state index contributed by atoms with van der Waals surface area (Å²) >= 11 is 5.98. The third-order valence-corrected chi connectivity index (χ3v) is 6.96. The molecule has 0 amide bonds. The van der Waals surface area contributed by atoms with Crippen LogP contribution in [-0.4, -0.2) is 36.6 Å².